The third kappa shape index (κ3) is 5.94. The van der Waals surface area contributed by atoms with Gasteiger partial charge in [-0.15, -0.1) is 0 Å². The van der Waals surface area contributed by atoms with E-state index in [0.29, 0.717) is 23.4 Å². The van der Waals surface area contributed by atoms with Gasteiger partial charge < -0.3 is 4.57 Å². The molecule has 0 spiro atoms. The first-order valence-electron chi connectivity index (χ1n) is 20.7. The molecule has 12 rings (SSSR count). The number of benzene rings is 8. The van der Waals surface area contributed by atoms with Crippen LogP contribution in [-0.4, -0.2) is 34.1 Å². The van der Waals surface area contributed by atoms with Crippen molar-refractivity contribution in [2.75, 3.05) is 0 Å². The molecule has 4 aromatic heterocycles. The van der Waals surface area contributed by atoms with Gasteiger partial charge in [-0.25, -0.2) is 15.0 Å². The van der Waals surface area contributed by atoms with Crippen LogP contribution < -0.4 is 0 Å². The maximum absolute atomic E-state index is 5.39. The van der Waals surface area contributed by atoms with E-state index in [-0.39, 0.29) is 0 Å². The van der Waals surface area contributed by atoms with Crippen LogP contribution in [0.4, 0.5) is 0 Å². The Balaban J connectivity index is 1.12. The molecule has 0 aliphatic rings. The minimum absolute atomic E-state index is 0.525. The van der Waals surface area contributed by atoms with Crippen molar-refractivity contribution in [1.29, 1.82) is 0 Å². The maximum atomic E-state index is 5.39. The van der Waals surface area contributed by atoms with Crippen LogP contribution in [-0.2, 0) is 0 Å². The molecule has 0 saturated carbocycles. The van der Waals surface area contributed by atoms with Gasteiger partial charge in [-0.3, -0.25) is 4.57 Å². The first kappa shape index (κ1) is 35.4. The Labute approximate surface area is 356 Å². The highest BCUT2D eigenvalue weighted by atomic mass is 15.2. The normalized spacial score (nSPS) is 11.5. The van der Waals surface area contributed by atoms with Gasteiger partial charge in [0.1, 0.15) is 0 Å². The zero-order valence-electron chi connectivity index (χ0n) is 33.3. The van der Waals surface area contributed by atoms with Gasteiger partial charge in [0, 0.05) is 55.0 Å². The Morgan fingerprint density at radius 2 is 0.694 bits per heavy atom. The fourth-order valence-corrected chi connectivity index (χ4v) is 8.75. The van der Waals surface area contributed by atoms with Crippen LogP contribution in [0.2, 0.25) is 0 Å². The first-order chi connectivity index (χ1) is 30.7. The molecule has 0 radical (unpaired) electrons. The average Bonchev–Trinajstić information content (AvgIpc) is 3.88. The Kier molecular flexibility index (Phi) is 8.35. The second kappa shape index (κ2) is 14.6. The molecule has 0 unspecified atom stereocenters. The topological polar surface area (TPSA) is 74.3 Å². The molecule has 0 amide bonds. The SMILES string of the molecule is c1ccc(-c2cc(-c3ccccc3)nc(-c3cccc(-c4nc(-c5ccccc5)nc(-n5c6ccccc6c6ccc7c8ccccc8n(-c8ccccc8)c7c65)n4)c3)n2)cc1. The van der Waals surface area contributed by atoms with Crippen LogP contribution in [0.25, 0.3) is 112 Å². The first-order valence-corrected chi connectivity index (χ1v) is 20.7. The molecule has 0 N–H and O–H groups in total. The lowest BCUT2D eigenvalue weighted by molar-refractivity contribution is 0.953. The molecule has 290 valence electrons. The Morgan fingerprint density at radius 1 is 0.274 bits per heavy atom. The monoisotopic (exact) mass is 793 g/mol. The third-order valence-corrected chi connectivity index (χ3v) is 11.6. The van der Waals surface area contributed by atoms with E-state index in [1.165, 1.54) is 5.39 Å². The summed E-state index contributed by atoms with van der Waals surface area (Å²) >= 11 is 0. The summed E-state index contributed by atoms with van der Waals surface area (Å²) in [4.78, 5) is 26.2. The molecular formula is C55H35N7. The van der Waals surface area contributed by atoms with E-state index in [9.17, 15) is 0 Å². The van der Waals surface area contributed by atoms with Crippen molar-refractivity contribution in [2.45, 2.75) is 0 Å². The summed E-state index contributed by atoms with van der Waals surface area (Å²) in [6.07, 6.45) is 0. The molecule has 7 heteroatoms. The van der Waals surface area contributed by atoms with Gasteiger partial charge in [0.2, 0.25) is 5.95 Å². The molecule has 62 heavy (non-hydrogen) atoms. The van der Waals surface area contributed by atoms with Crippen LogP contribution in [0.5, 0.6) is 0 Å². The summed E-state index contributed by atoms with van der Waals surface area (Å²) in [5.74, 6) is 2.26. The van der Waals surface area contributed by atoms with E-state index < -0.39 is 0 Å². The van der Waals surface area contributed by atoms with Crippen molar-refractivity contribution in [3.05, 3.63) is 212 Å². The van der Waals surface area contributed by atoms with E-state index in [1.54, 1.807) is 0 Å². The maximum Gasteiger partial charge on any atom is 0.238 e. The molecule has 0 bridgehead atoms. The van der Waals surface area contributed by atoms with Crippen molar-refractivity contribution >= 4 is 43.6 Å². The number of fused-ring (bicyclic) bond motifs is 7. The van der Waals surface area contributed by atoms with Gasteiger partial charge in [-0.05, 0) is 36.4 Å². The van der Waals surface area contributed by atoms with E-state index in [1.807, 2.05) is 78.9 Å². The summed E-state index contributed by atoms with van der Waals surface area (Å²) in [7, 11) is 0. The molecule has 0 aliphatic carbocycles. The minimum Gasteiger partial charge on any atom is -0.307 e. The van der Waals surface area contributed by atoms with Crippen molar-refractivity contribution < 1.29 is 0 Å². The van der Waals surface area contributed by atoms with Crippen LogP contribution >= 0.6 is 0 Å². The van der Waals surface area contributed by atoms with Gasteiger partial charge in [0.05, 0.1) is 33.5 Å². The molecule has 0 fully saturated rings. The Morgan fingerprint density at radius 3 is 1.26 bits per heavy atom. The second-order valence-electron chi connectivity index (χ2n) is 15.3. The van der Waals surface area contributed by atoms with Crippen molar-refractivity contribution in [2.24, 2.45) is 0 Å². The van der Waals surface area contributed by atoms with Crippen molar-refractivity contribution in [3.63, 3.8) is 0 Å². The summed E-state index contributed by atoms with van der Waals surface area (Å²) in [6, 6.07) is 73.1. The summed E-state index contributed by atoms with van der Waals surface area (Å²) in [5, 5.41) is 4.56. The zero-order chi connectivity index (χ0) is 41.0. The Bertz CT molecular complexity index is 3560. The van der Waals surface area contributed by atoms with E-state index in [0.717, 1.165) is 83.1 Å². The fourth-order valence-electron chi connectivity index (χ4n) is 8.75. The van der Waals surface area contributed by atoms with E-state index in [4.69, 9.17) is 24.9 Å². The fraction of sp³-hybridized carbons (Fsp3) is 0. The van der Waals surface area contributed by atoms with E-state index in [2.05, 4.69) is 143 Å². The summed E-state index contributed by atoms with van der Waals surface area (Å²) in [5.41, 5.74) is 11.6. The number of hydrogen-bond acceptors (Lipinski definition) is 5. The van der Waals surface area contributed by atoms with E-state index >= 15 is 0 Å². The number of nitrogens with zero attached hydrogens (tertiary/aromatic N) is 7. The van der Waals surface area contributed by atoms with Crippen LogP contribution in [0, 0.1) is 0 Å². The molecule has 7 nitrogen and oxygen atoms in total. The molecule has 4 heterocycles. The van der Waals surface area contributed by atoms with Crippen molar-refractivity contribution in [1.82, 2.24) is 34.1 Å². The Hall–Kier alpha value is -8.55. The lowest BCUT2D eigenvalue weighted by Gasteiger charge is -2.13. The van der Waals surface area contributed by atoms with Crippen molar-refractivity contribution in [3.8, 4) is 68.3 Å². The van der Waals surface area contributed by atoms with Crippen LogP contribution in [0.1, 0.15) is 0 Å². The molecule has 0 atom stereocenters. The third-order valence-electron chi connectivity index (χ3n) is 11.6. The summed E-state index contributed by atoms with van der Waals surface area (Å²) < 4.78 is 4.60. The standard InChI is InChI=1S/C55H35N7/c1-5-18-36(19-6-1)46-35-47(37-20-7-2-8-21-37)57-53(56-46)39-24-17-25-40(34-39)54-58-52(38-22-9-3-10-23-38)59-55(60-54)62-49-31-16-14-29-43(49)45-33-32-44-42-28-13-15-30-48(42)61(50(44)51(45)62)41-26-11-4-12-27-41/h1-35H. The molecule has 8 aromatic carbocycles. The van der Waals surface area contributed by atoms with Gasteiger partial charge in [-0.1, -0.05) is 176 Å². The predicted molar refractivity (Wildman–Crippen MR) is 251 cm³/mol. The predicted octanol–water partition coefficient (Wildman–Crippen LogP) is 13.2. The van der Waals surface area contributed by atoms with Gasteiger partial charge in [0.25, 0.3) is 0 Å². The van der Waals surface area contributed by atoms with Gasteiger partial charge in [0.15, 0.2) is 17.5 Å². The molecular weight excluding hydrogens is 759 g/mol. The average molecular weight is 794 g/mol. The number of para-hydroxylation sites is 3. The largest absolute Gasteiger partial charge is 0.307 e. The molecule has 0 saturated heterocycles. The lowest BCUT2D eigenvalue weighted by atomic mass is 10.1. The summed E-state index contributed by atoms with van der Waals surface area (Å²) in [6.45, 7) is 0. The number of hydrogen-bond donors (Lipinski definition) is 0. The lowest BCUT2D eigenvalue weighted by Crippen LogP contribution is -2.07. The second-order valence-corrected chi connectivity index (χ2v) is 15.3. The highest BCUT2D eigenvalue weighted by molar-refractivity contribution is 6.23. The highest BCUT2D eigenvalue weighted by Crippen LogP contribution is 2.41. The minimum atomic E-state index is 0.525. The number of aromatic nitrogens is 7. The molecule has 0 aliphatic heterocycles. The van der Waals surface area contributed by atoms with Gasteiger partial charge in [-0.2, -0.15) is 9.97 Å². The van der Waals surface area contributed by atoms with Crippen LogP contribution in [0.15, 0.2) is 212 Å². The van der Waals surface area contributed by atoms with Gasteiger partial charge >= 0.3 is 0 Å². The smallest absolute Gasteiger partial charge is 0.238 e. The highest BCUT2D eigenvalue weighted by Gasteiger charge is 2.23. The van der Waals surface area contributed by atoms with Crippen LogP contribution in [0.3, 0.4) is 0 Å². The quantitative estimate of drug-likeness (QED) is 0.161. The zero-order valence-corrected chi connectivity index (χ0v) is 33.3. The molecule has 12 aromatic rings. The number of rotatable bonds is 7.